The minimum Gasteiger partial charge on any atom is -0.144 e. The average molecular weight is 205 g/mol. The Bertz CT molecular complexity index is 258. The zero-order valence-corrected chi connectivity index (χ0v) is 9.23. The molecule has 1 rings (SSSR count). The van der Waals surface area contributed by atoms with E-state index in [1.54, 1.807) is 0 Å². The highest BCUT2D eigenvalue weighted by Gasteiger charge is 2.08. The van der Waals surface area contributed by atoms with E-state index in [2.05, 4.69) is 13.0 Å². The molecule has 0 bridgehead atoms. The monoisotopic (exact) mass is 204 g/mol. The first-order valence-electron chi connectivity index (χ1n) is 3.46. The second-order valence-corrected chi connectivity index (χ2v) is 7.17. The molecule has 1 aromatic rings. The fraction of sp³-hybridized carbons (Fsp3) is 0.250. The van der Waals surface area contributed by atoms with Gasteiger partial charge in [-0.1, -0.05) is 23.8 Å². The Kier molecular flexibility index (Phi) is 2.99. The lowest BCUT2D eigenvalue weighted by Gasteiger charge is -2.04. The van der Waals surface area contributed by atoms with Gasteiger partial charge in [0.1, 0.15) is 0 Å². The van der Waals surface area contributed by atoms with Crippen LogP contribution in [0.2, 0.25) is 0 Å². The van der Waals surface area contributed by atoms with Crippen molar-refractivity contribution >= 4 is 34.8 Å². The molecule has 0 heterocycles. The molecule has 60 valence electrons. The third-order valence-corrected chi connectivity index (χ3v) is 4.19. The minimum absolute atomic E-state index is 1.14. The van der Waals surface area contributed by atoms with Crippen LogP contribution in [-0.4, -0.2) is 7.42 Å². The quantitative estimate of drug-likeness (QED) is 0.487. The molecule has 0 saturated heterocycles. The Balaban J connectivity index is 3.09. The fourth-order valence-electron chi connectivity index (χ4n) is 1.07. The lowest BCUT2D eigenvalue weighted by atomic mass is 10.2. The number of hydrogen-bond acceptors (Lipinski definition) is 0. The summed E-state index contributed by atoms with van der Waals surface area (Å²) in [5.41, 5.74) is 2.47. The SMILES string of the molecule is Cc1ccc([SiH](Cl)Cl)c(C)c1. The molecule has 0 aromatic heterocycles. The number of halogens is 2. The highest BCUT2D eigenvalue weighted by Crippen LogP contribution is 2.05. The predicted molar refractivity (Wildman–Crippen MR) is 54.4 cm³/mol. The highest BCUT2D eigenvalue weighted by atomic mass is 35.7. The normalized spacial score (nSPS) is 10.6. The third-order valence-electron chi connectivity index (χ3n) is 1.66. The Labute approximate surface area is 78.2 Å². The van der Waals surface area contributed by atoms with Crippen molar-refractivity contribution < 1.29 is 0 Å². The molecule has 3 heteroatoms. The zero-order valence-electron chi connectivity index (χ0n) is 6.57. The number of rotatable bonds is 1. The van der Waals surface area contributed by atoms with E-state index in [1.165, 1.54) is 11.1 Å². The largest absolute Gasteiger partial charge is 0.266 e. The third kappa shape index (κ3) is 2.22. The van der Waals surface area contributed by atoms with Crippen molar-refractivity contribution in [2.45, 2.75) is 13.8 Å². The van der Waals surface area contributed by atoms with Gasteiger partial charge in [-0.15, -0.1) is 22.2 Å². The van der Waals surface area contributed by atoms with Crippen LogP contribution in [0.1, 0.15) is 11.1 Å². The van der Waals surface area contributed by atoms with Gasteiger partial charge in [0.25, 0.3) is 7.42 Å². The molecule has 1 aromatic carbocycles. The zero-order chi connectivity index (χ0) is 8.43. The summed E-state index contributed by atoms with van der Waals surface area (Å²) in [6.07, 6.45) is 0. The average Bonchev–Trinajstić information content (AvgIpc) is 1.85. The predicted octanol–water partition coefficient (Wildman–Crippen LogP) is 2.21. The van der Waals surface area contributed by atoms with Crippen LogP contribution < -0.4 is 5.19 Å². The Hall–Kier alpha value is 0.0169. The van der Waals surface area contributed by atoms with Gasteiger partial charge in [-0.25, -0.2) is 0 Å². The maximum absolute atomic E-state index is 5.87. The summed E-state index contributed by atoms with van der Waals surface area (Å²) < 4.78 is 0. The van der Waals surface area contributed by atoms with Crippen molar-refractivity contribution in [3.05, 3.63) is 29.3 Å². The van der Waals surface area contributed by atoms with E-state index in [0.29, 0.717) is 0 Å². The molecule has 0 atom stereocenters. The smallest absolute Gasteiger partial charge is 0.144 e. The van der Waals surface area contributed by atoms with Crippen LogP contribution >= 0.6 is 22.2 Å². The Morgan fingerprint density at radius 1 is 1.18 bits per heavy atom. The van der Waals surface area contributed by atoms with Gasteiger partial charge >= 0.3 is 0 Å². The second-order valence-electron chi connectivity index (χ2n) is 2.66. The lowest BCUT2D eigenvalue weighted by Crippen LogP contribution is -2.21. The van der Waals surface area contributed by atoms with E-state index in [4.69, 9.17) is 22.2 Å². The Morgan fingerprint density at radius 3 is 2.27 bits per heavy atom. The summed E-state index contributed by atoms with van der Waals surface area (Å²) in [5.74, 6) is 0. The first-order valence-corrected chi connectivity index (χ1v) is 7.53. The highest BCUT2D eigenvalue weighted by molar-refractivity contribution is 7.39. The summed E-state index contributed by atoms with van der Waals surface area (Å²) in [4.78, 5) is 0. The van der Waals surface area contributed by atoms with Gasteiger partial charge < -0.3 is 0 Å². The van der Waals surface area contributed by atoms with Gasteiger partial charge in [0.05, 0.1) is 0 Å². The second kappa shape index (κ2) is 3.61. The Morgan fingerprint density at radius 2 is 1.82 bits per heavy atom. The molecule has 0 spiro atoms. The van der Waals surface area contributed by atoms with Crippen LogP contribution in [0.15, 0.2) is 18.2 Å². The minimum atomic E-state index is -1.64. The molecule has 0 aliphatic carbocycles. The van der Waals surface area contributed by atoms with Crippen LogP contribution in [-0.2, 0) is 0 Å². The van der Waals surface area contributed by atoms with Crippen LogP contribution in [0.3, 0.4) is 0 Å². The topological polar surface area (TPSA) is 0 Å². The first-order chi connectivity index (χ1) is 5.11. The van der Waals surface area contributed by atoms with Crippen molar-refractivity contribution in [1.29, 1.82) is 0 Å². The van der Waals surface area contributed by atoms with Gasteiger partial charge in [0.2, 0.25) is 0 Å². The molecule has 0 N–H and O–H groups in total. The van der Waals surface area contributed by atoms with E-state index in [9.17, 15) is 0 Å². The number of benzene rings is 1. The molecular formula is C8H10Cl2Si. The summed E-state index contributed by atoms with van der Waals surface area (Å²) in [6, 6.07) is 6.19. The molecular weight excluding hydrogens is 195 g/mol. The van der Waals surface area contributed by atoms with Gasteiger partial charge in [-0.05, 0) is 24.6 Å². The van der Waals surface area contributed by atoms with Crippen molar-refractivity contribution in [2.75, 3.05) is 0 Å². The first kappa shape index (κ1) is 9.11. The van der Waals surface area contributed by atoms with E-state index < -0.39 is 7.42 Å². The van der Waals surface area contributed by atoms with Crippen molar-refractivity contribution in [1.82, 2.24) is 0 Å². The van der Waals surface area contributed by atoms with Gasteiger partial charge in [-0.2, -0.15) is 0 Å². The van der Waals surface area contributed by atoms with Gasteiger partial charge in [0, 0.05) is 0 Å². The van der Waals surface area contributed by atoms with Crippen LogP contribution in [0.4, 0.5) is 0 Å². The fourth-order valence-corrected chi connectivity index (χ4v) is 3.21. The summed E-state index contributed by atoms with van der Waals surface area (Å²) in [5, 5.41) is 1.14. The molecule has 0 amide bonds. The summed E-state index contributed by atoms with van der Waals surface area (Å²) in [7, 11) is -1.64. The molecule has 0 aliphatic rings. The molecule has 0 nitrogen and oxygen atoms in total. The van der Waals surface area contributed by atoms with Crippen molar-refractivity contribution in [3.63, 3.8) is 0 Å². The van der Waals surface area contributed by atoms with Gasteiger partial charge in [-0.3, -0.25) is 0 Å². The number of aryl methyl sites for hydroxylation is 2. The van der Waals surface area contributed by atoms with E-state index >= 15 is 0 Å². The molecule has 0 unspecified atom stereocenters. The van der Waals surface area contributed by atoms with Crippen LogP contribution in [0.5, 0.6) is 0 Å². The summed E-state index contributed by atoms with van der Waals surface area (Å²) in [6.45, 7) is 4.11. The van der Waals surface area contributed by atoms with E-state index in [0.717, 1.165) is 5.19 Å². The van der Waals surface area contributed by atoms with Crippen LogP contribution in [0, 0.1) is 13.8 Å². The molecule has 0 aliphatic heterocycles. The lowest BCUT2D eigenvalue weighted by molar-refractivity contribution is 1.41. The maximum Gasteiger partial charge on any atom is 0.266 e. The van der Waals surface area contributed by atoms with Crippen molar-refractivity contribution in [3.8, 4) is 0 Å². The van der Waals surface area contributed by atoms with Gasteiger partial charge in [0.15, 0.2) is 0 Å². The number of hydrogen-bond donors (Lipinski definition) is 0. The molecule has 0 saturated carbocycles. The summed E-state index contributed by atoms with van der Waals surface area (Å²) >= 11 is 11.7. The van der Waals surface area contributed by atoms with Crippen molar-refractivity contribution in [2.24, 2.45) is 0 Å². The molecule has 11 heavy (non-hydrogen) atoms. The van der Waals surface area contributed by atoms with E-state index in [1.807, 2.05) is 19.1 Å². The maximum atomic E-state index is 5.87. The molecule has 0 radical (unpaired) electrons. The van der Waals surface area contributed by atoms with E-state index in [-0.39, 0.29) is 0 Å². The standard InChI is InChI=1S/C8H10Cl2Si/c1-6-3-4-8(11(9)10)7(2)5-6/h3-5,11H,1-2H3. The van der Waals surface area contributed by atoms with Crippen LogP contribution in [0.25, 0.3) is 0 Å². The molecule has 0 fully saturated rings.